The van der Waals surface area contributed by atoms with E-state index in [1.807, 2.05) is 0 Å². The van der Waals surface area contributed by atoms with Crippen LogP contribution >= 0.6 is 11.8 Å². The number of ether oxygens (including phenoxy) is 1. The molecule has 0 aromatic carbocycles. The summed E-state index contributed by atoms with van der Waals surface area (Å²) in [6.45, 7) is 3.25. The summed E-state index contributed by atoms with van der Waals surface area (Å²) in [5, 5.41) is 14.8. The van der Waals surface area contributed by atoms with Gasteiger partial charge in [-0.05, 0) is 102 Å². The fraction of sp³-hybridized carbons (Fsp3) is 0.837. The zero-order chi connectivity index (χ0) is 44.7. The number of hydrogen-bond donors (Lipinski definition) is 5. The van der Waals surface area contributed by atoms with E-state index in [2.05, 4.69) is 31.5 Å². The molecular formula is C43H68N8O10S2. The fourth-order valence-electron chi connectivity index (χ4n) is 10.9. The molecule has 0 aromatic rings. The monoisotopic (exact) mass is 920 g/mol. The SMILES string of the molecule is CS(=O)(=O)N1CCC(C(=O)N[C@@H](CCOCCCC(=O)NCCC2CCN(C3CCC4C(=O)N(C5CCC(=O)NC5=O)C(=O)C4C3)CC2)C(=O)NC2NC(C3CCCCC3)CS2)C1. The number of rotatable bonds is 18. The van der Waals surface area contributed by atoms with E-state index in [9.17, 15) is 42.0 Å². The normalized spacial score (nSPS) is 30.9. The van der Waals surface area contributed by atoms with Gasteiger partial charge in [0.05, 0.1) is 24.0 Å². The highest BCUT2D eigenvalue weighted by molar-refractivity contribution is 8.00. The Bertz CT molecular complexity index is 1810. The molecule has 5 heterocycles. The summed E-state index contributed by atoms with van der Waals surface area (Å²) in [6, 6.07) is -1.21. The number of thioether (sulfide) groups is 1. The first-order valence-corrected chi connectivity index (χ1v) is 26.4. The van der Waals surface area contributed by atoms with Crippen LogP contribution < -0.4 is 26.6 Å². The van der Waals surface area contributed by atoms with E-state index >= 15 is 0 Å². The Morgan fingerprint density at radius 2 is 1.67 bits per heavy atom. The summed E-state index contributed by atoms with van der Waals surface area (Å²) >= 11 is 1.67. The molecule has 0 bridgehead atoms. The van der Waals surface area contributed by atoms with Crippen LogP contribution in [0.25, 0.3) is 0 Å². The number of fused-ring (bicyclic) bond motifs is 1. The van der Waals surface area contributed by atoms with Gasteiger partial charge in [-0.1, -0.05) is 19.3 Å². The second-order valence-electron chi connectivity index (χ2n) is 18.9. The van der Waals surface area contributed by atoms with Crippen molar-refractivity contribution in [1.82, 2.24) is 40.7 Å². The lowest BCUT2D eigenvalue weighted by Gasteiger charge is -2.41. The summed E-state index contributed by atoms with van der Waals surface area (Å²) < 4.78 is 31.2. The zero-order valence-electron chi connectivity index (χ0n) is 36.7. The number of piperidine rings is 2. The van der Waals surface area contributed by atoms with Gasteiger partial charge in [0.25, 0.3) is 0 Å². The van der Waals surface area contributed by atoms with Gasteiger partial charge in [-0.15, -0.1) is 11.8 Å². The van der Waals surface area contributed by atoms with Crippen molar-refractivity contribution in [3.05, 3.63) is 0 Å². The van der Waals surface area contributed by atoms with Gasteiger partial charge in [0.15, 0.2) is 0 Å². The predicted molar refractivity (Wildman–Crippen MR) is 234 cm³/mol. The smallest absolute Gasteiger partial charge is 0.249 e. The molecule has 7 aliphatic rings. The van der Waals surface area contributed by atoms with Crippen molar-refractivity contribution in [2.24, 2.45) is 29.6 Å². The molecular weight excluding hydrogens is 853 g/mol. The minimum absolute atomic E-state index is 0.0489. The van der Waals surface area contributed by atoms with Gasteiger partial charge in [-0.25, -0.2) is 12.7 Å². The van der Waals surface area contributed by atoms with E-state index in [0.29, 0.717) is 63.1 Å². The highest BCUT2D eigenvalue weighted by Crippen LogP contribution is 2.42. The molecule has 7 amide bonds. The Hall–Kier alpha value is -3.17. The van der Waals surface area contributed by atoms with E-state index in [0.717, 1.165) is 55.7 Å². The number of nitrogens with zero attached hydrogens (tertiary/aromatic N) is 3. The molecule has 7 rings (SSSR count). The van der Waals surface area contributed by atoms with Gasteiger partial charge in [0, 0.05) is 63.5 Å². The summed E-state index contributed by atoms with van der Waals surface area (Å²) in [5.74, 6) is -1.56. The van der Waals surface area contributed by atoms with Gasteiger partial charge in [0.2, 0.25) is 51.4 Å². The van der Waals surface area contributed by atoms with Crippen LogP contribution in [-0.4, -0.2) is 151 Å². The average Bonchev–Trinajstić information content (AvgIpc) is 4.01. The largest absolute Gasteiger partial charge is 0.381 e. The van der Waals surface area contributed by atoms with Crippen LogP contribution in [0.4, 0.5) is 0 Å². The zero-order valence-corrected chi connectivity index (χ0v) is 38.3. The Kier molecular flexibility index (Phi) is 16.6. The van der Waals surface area contributed by atoms with E-state index in [1.165, 1.54) is 36.4 Å². The van der Waals surface area contributed by atoms with Crippen molar-refractivity contribution in [2.45, 2.75) is 139 Å². The summed E-state index contributed by atoms with van der Waals surface area (Å²) in [4.78, 5) is 93.8. The number of carbonyl (C=O) groups excluding carboxylic acids is 7. The molecule has 352 valence electrons. The maximum Gasteiger partial charge on any atom is 0.249 e. The Labute approximate surface area is 375 Å². The summed E-state index contributed by atoms with van der Waals surface area (Å²) in [5.41, 5.74) is -0.254. The van der Waals surface area contributed by atoms with Crippen molar-refractivity contribution >= 4 is 63.1 Å². The number of imide groups is 2. The first-order chi connectivity index (χ1) is 30.2. The molecule has 0 radical (unpaired) electrons. The van der Waals surface area contributed by atoms with E-state index in [-0.39, 0.29) is 85.9 Å². The molecule has 7 fully saturated rings. The quantitative estimate of drug-likeness (QED) is 0.0948. The second kappa shape index (κ2) is 21.9. The third kappa shape index (κ3) is 12.4. The van der Waals surface area contributed by atoms with Gasteiger partial charge in [0.1, 0.15) is 17.6 Å². The van der Waals surface area contributed by atoms with Crippen LogP contribution in [0, 0.1) is 29.6 Å². The number of amides is 7. The molecule has 20 heteroatoms. The van der Waals surface area contributed by atoms with Crippen molar-refractivity contribution in [2.75, 3.05) is 57.9 Å². The van der Waals surface area contributed by atoms with E-state index < -0.39 is 45.8 Å². The Morgan fingerprint density at radius 1 is 0.905 bits per heavy atom. The van der Waals surface area contributed by atoms with Gasteiger partial charge in [-0.2, -0.15) is 0 Å². The predicted octanol–water partition coefficient (Wildman–Crippen LogP) is 0.802. The summed E-state index contributed by atoms with van der Waals surface area (Å²) in [6.07, 6.45) is 13.9. The van der Waals surface area contributed by atoms with Crippen LogP contribution in [0.15, 0.2) is 0 Å². The first kappa shape index (κ1) is 47.8. The van der Waals surface area contributed by atoms with Crippen molar-refractivity contribution in [1.29, 1.82) is 0 Å². The van der Waals surface area contributed by atoms with Gasteiger partial charge < -0.3 is 25.6 Å². The highest BCUT2D eigenvalue weighted by atomic mass is 32.2. The van der Waals surface area contributed by atoms with Crippen LogP contribution in [0.5, 0.6) is 0 Å². The Morgan fingerprint density at radius 3 is 2.40 bits per heavy atom. The number of carbonyl (C=O) groups is 7. The number of nitrogens with one attached hydrogen (secondary N) is 5. The Balaban J connectivity index is 0.771. The number of hydrogen-bond acceptors (Lipinski definition) is 13. The molecule has 8 atom stereocenters. The third-order valence-corrected chi connectivity index (χ3v) is 17.1. The molecule has 5 saturated heterocycles. The van der Waals surface area contributed by atoms with Gasteiger partial charge in [-0.3, -0.25) is 49.1 Å². The van der Waals surface area contributed by atoms with Crippen molar-refractivity contribution in [3.8, 4) is 0 Å². The molecule has 5 aliphatic heterocycles. The standard InChI is InChI=1S/C43H68N8O10S2/c1-63(59,60)50-21-16-29(25-50)38(54)45-33(39(55)48-43-46-34(26-62-43)28-6-3-2-4-7-28)17-23-61-22-5-8-36(52)44-18-13-27-14-19-49(20-15-27)30-9-10-31-32(24-30)42(58)51(41(31)57)35-11-12-37(53)47-40(35)56/h27-35,43,46H,2-26H2,1H3,(H,44,52)(H,45,54)(H,48,55)(H,47,53,56)/t29?,30?,31?,32?,33-,34?,35?,43?/m0/s1. The molecule has 18 nitrogen and oxygen atoms in total. The van der Waals surface area contributed by atoms with Crippen LogP contribution in [-0.2, 0) is 48.3 Å². The lowest BCUT2D eigenvalue weighted by molar-refractivity contribution is -0.151. The third-order valence-electron chi connectivity index (χ3n) is 14.7. The minimum atomic E-state index is -3.42. The minimum Gasteiger partial charge on any atom is -0.381 e. The molecule has 5 N–H and O–H groups in total. The maximum atomic E-state index is 13.6. The lowest BCUT2D eigenvalue weighted by Crippen LogP contribution is -2.54. The van der Waals surface area contributed by atoms with Crippen LogP contribution in [0.1, 0.15) is 109 Å². The number of sulfonamides is 1. The lowest BCUT2D eigenvalue weighted by atomic mass is 9.77. The molecule has 2 aliphatic carbocycles. The molecule has 63 heavy (non-hydrogen) atoms. The summed E-state index contributed by atoms with van der Waals surface area (Å²) in [7, 11) is -3.42. The van der Waals surface area contributed by atoms with E-state index in [4.69, 9.17) is 4.74 Å². The van der Waals surface area contributed by atoms with Gasteiger partial charge >= 0.3 is 0 Å². The molecule has 2 saturated carbocycles. The maximum absolute atomic E-state index is 13.6. The average molecular weight is 921 g/mol. The van der Waals surface area contributed by atoms with Crippen LogP contribution in [0.2, 0.25) is 0 Å². The molecule has 0 aromatic heterocycles. The van der Waals surface area contributed by atoms with Crippen LogP contribution in [0.3, 0.4) is 0 Å². The highest BCUT2D eigenvalue weighted by Gasteiger charge is 2.54. The van der Waals surface area contributed by atoms with Crippen molar-refractivity contribution in [3.63, 3.8) is 0 Å². The fourth-order valence-corrected chi connectivity index (χ4v) is 13.0. The van der Waals surface area contributed by atoms with Crippen molar-refractivity contribution < 1.29 is 46.7 Å². The number of likely N-dealkylation sites (tertiary alicyclic amines) is 2. The second-order valence-corrected chi connectivity index (χ2v) is 22.0. The molecule has 0 spiro atoms. The first-order valence-electron chi connectivity index (χ1n) is 23.5. The van der Waals surface area contributed by atoms with E-state index in [1.54, 1.807) is 11.8 Å². The molecule has 7 unspecified atom stereocenters. The topological polar surface area (TPSA) is 233 Å².